The number of halogens is 1. The zero-order valence-corrected chi connectivity index (χ0v) is 13.5. The molecule has 7 heteroatoms. The van der Waals surface area contributed by atoms with Gasteiger partial charge >= 0.3 is 0 Å². The second-order valence-electron chi connectivity index (χ2n) is 5.16. The largest absolute Gasteiger partial charge is 0.347 e. The monoisotopic (exact) mass is 342 g/mol. The molecule has 1 aromatic carbocycles. The molecule has 24 heavy (non-hydrogen) atoms. The van der Waals surface area contributed by atoms with Crippen molar-refractivity contribution in [2.75, 3.05) is 0 Å². The van der Waals surface area contributed by atoms with E-state index in [0.29, 0.717) is 29.6 Å². The van der Waals surface area contributed by atoms with Crippen LogP contribution < -0.4 is 5.32 Å². The maximum absolute atomic E-state index is 11.9. The first-order valence-electron chi connectivity index (χ1n) is 7.45. The normalized spacial score (nSPS) is 10.5. The second-order valence-corrected chi connectivity index (χ2v) is 5.60. The van der Waals surface area contributed by atoms with Crippen LogP contribution >= 0.6 is 11.6 Å². The number of nitrogens with one attached hydrogen (secondary N) is 1. The van der Waals surface area contributed by atoms with Crippen LogP contribution in [0.2, 0.25) is 5.02 Å². The van der Waals surface area contributed by atoms with Crippen molar-refractivity contribution in [1.29, 1.82) is 0 Å². The summed E-state index contributed by atoms with van der Waals surface area (Å²) in [5.74, 6) is 0.707. The van der Waals surface area contributed by atoms with Gasteiger partial charge in [0.1, 0.15) is 0 Å². The molecule has 0 fully saturated rings. The summed E-state index contributed by atoms with van der Waals surface area (Å²) in [6.07, 6.45) is 4.47. The van der Waals surface area contributed by atoms with Crippen LogP contribution in [0.3, 0.4) is 0 Å². The van der Waals surface area contributed by atoms with Crippen LogP contribution in [0, 0.1) is 0 Å². The van der Waals surface area contributed by atoms with Gasteiger partial charge in [-0.3, -0.25) is 9.78 Å². The van der Waals surface area contributed by atoms with E-state index in [9.17, 15) is 4.79 Å². The van der Waals surface area contributed by atoms with Crippen molar-refractivity contribution < 1.29 is 9.32 Å². The summed E-state index contributed by atoms with van der Waals surface area (Å²) in [6, 6.07) is 11.0. The lowest BCUT2D eigenvalue weighted by atomic mass is 10.1. The highest BCUT2D eigenvalue weighted by molar-refractivity contribution is 6.30. The molecule has 1 amide bonds. The molecule has 0 unspecified atom stereocenters. The van der Waals surface area contributed by atoms with E-state index in [1.165, 1.54) is 0 Å². The van der Waals surface area contributed by atoms with Gasteiger partial charge in [-0.05, 0) is 30.2 Å². The van der Waals surface area contributed by atoms with Gasteiger partial charge < -0.3 is 9.84 Å². The topological polar surface area (TPSA) is 80.9 Å². The number of rotatable bonds is 6. The van der Waals surface area contributed by atoms with Crippen molar-refractivity contribution in [1.82, 2.24) is 20.4 Å². The quantitative estimate of drug-likeness (QED) is 0.744. The van der Waals surface area contributed by atoms with E-state index in [1.807, 2.05) is 24.3 Å². The minimum absolute atomic E-state index is 0.0821. The predicted octanol–water partition coefficient (Wildman–Crippen LogP) is 3.03. The van der Waals surface area contributed by atoms with Crippen molar-refractivity contribution in [3.63, 3.8) is 0 Å². The molecule has 2 heterocycles. The van der Waals surface area contributed by atoms with Crippen LogP contribution in [0.25, 0.3) is 11.4 Å². The maximum atomic E-state index is 11.9. The molecule has 0 radical (unpaired) electrons. The molecular weight excluding hydrogens is 328 g/mol. The molecule has 0 aliphatic heterocycles. The molecular formula is C17H15ClN4O2. The van der Waals surface area contributed by atoms with Crippen LogP contribution in [0.1, 0.15) is 17.9 Å². The van der Waals surface area contributed by atoms with E-state index in [1.54, 1.807) is 24.5 Å². The summed E-state index contributed by atoms with van der Waals surface area (Å²) < 4.78 is 5.14. The van der Waals surface area contributed by atoms with E-state index in [2.05, 4.69) is 20.4 Å². The van der Waals surface area contributed by atoms with E-state index < -0.39 is 0 Å². The molecule has 0 spiro atoms. The third-order valence-electron chi connectivity index (χ3n) is 3.35. The van der Waals surface area contributed by atoms with E-state index in [-0.39, 0.29) is 12.5 Å². The fourth-order valence-corrected chi connectivity index (χ4v) is 2.33. The lowest BCUT2D eigenvalue weighted by molar-refractivity contribution is -0.121. The van der Waals surface area contributed by atoms with Gasteiger partial charge in [-0.15, -0.1) is 0 Å². The highest BCUT2D eigenvalue weighted by Crippen LogP contribution is 2.19. The van der Waals surface area contributed by atoms with Crippen molar-refractivity contribution in [2.45, 2.75) is 19.4 Å². The molecule has 0 bridgehead atoms. The molecule has 1 N–H and O–H groups in total. The number of aromatic nitrogens is 3. The van der Waals surface area contributed by atoms with Gasteiger partial charge in [-0.25, -0.2) is 0 Å². The highest BCUT2D eigenvalue weighted by atomic mass is 35.5. The van der Waals surface area contributed by atoms with Gasteiger partial charge in [-0.1, -0.05) is 35.0 Å². The van der Waals surface area contributed by atoms with E-state index >= 15 is 0 Å². The molecule has 0 atom stereocenters. The molecule has 0 saturated carbocycles. The van der Waals surface area contributed by atoms with Crippen molar-refractivity contribution in [2.24, 2.45) is 0 Å². The highest BCUT2D eigenvalue weighted by Gasteiger charge is 2.10. The Morgan fingerprint density at radius 2 is 2.17 bits per heavy atom. The Labute approximate surface area is 143 Å². The number of pyridine rings is 1. The Kier molecular flexibility index (Phi) is 5.18. The van der Waals surface area contributed by atoms with Crippen molar-refractivity contribution >= 4 is 17.5 Å². The van der Waals surface area contributed by atoms with Crippen LogP contribution in [-0.4, -0.2) is 21.0 Å². The summed E-state index contributed by atoms with van der Waals surface area (Å²) in [4.78, 5) is 20.1. The van der Waals surface area contributed by atoms with Crippen molar-refractivity contribution in [3.8, 4) is 11.4 Å². The summed E-state index contributed by atoms with van der Waals surface area (Å²) in [5.41, 5.74) is 1.79. The Balaban J connectivity index is 1.51. The number of carbonyl (C=O) groups excluding carboxylic acids is 1. The lowest BCUT2D eigenvalue weighted by Crippen LogP contribution is -2.23. The average Bonchev–Trinajstić information content (AvgIpc) is 3.08. The number of hydrogen-bond acceptors (Lipinski definition) is 5. The van der Waals surface area contributed by atoms with Gasteiger partial charge in [0.15, 0.2) is 0 Å². The summed E-state index contributed by atoms with van der Waals surface area (Å²) in [7, 11) is 0. The lowest BCUT2D eigenvalue weighted by Gasteiger charge is -2.02. The standard InChI is InChI=1S/C17H15ClN4O2/c18-14-5-1-4-13(9-14)17-21-16(24-22-17)11-20-15(23)7-6-12-3-2-8-19-10-12/h1-5,8-10H,6-7,11H2,(H,20,23). The van der Waals surface area contributed by atoms with Gasteiger partial charge in [0, 0.05) is 29.4 Å². The molecule has 6 nitrogen and oxygen atoms in total. The van der Waals surface area contributed by atoms with Crippen LogP contribution in [0.15, 0.2) is 53.3 Å². The number of amides is 1. The first-order chi connectivity index (χ1) is 11.7. The maximum Gasteiger partial charge on any atom is 0.246 e. The third-order valence-corrected chi connectivity index (χ3v) is 3.59. The minimum Gasteiger partial charge on any atom is -0.347 e. The zero-order chi connectivity index (χ0) is 16.8. The Bertz CT molecular complexity index is 820. The number of aryl methyl sites for hydroxylation is 1. The first-order valence-corrected chi connectivity index (χ1v) is 7.82. The number of benzene rings is 1. The molecule has 3 rings (SSSR count). The summed E-state index contributed by atoms with van der Waals surface area (Å²) in [6.45, 7) is 0.194. The molecule has 3 aromatic rings. The van der Waals surface area contributed by atoms with E-state index in [4.69, 9.17) is 16.1 Å². The predicted molar refractivity (Wildman–Crippen MR) is 89.1 cm³/mol. The molecule has 0 aliphatic carbocycles. The average molecular weight is 343 g/mol. The molecule has 0 saturated heterocycles. The summed E-state index contributed by atoms with van der Waals surface area (Å²) >= 11 is 5.94. The van der Waals surface area contributed by atoms with E-state index in [0.717, 1.165) is 11.1 Å². The number of carbonyl (C=O) groups is 1. The minimum atomic E-state index is -0.0821. The fraction of sp³-hybridized carbons (Fsp3) is 0.176. The molecule has 122 valence electrons. The Morgan fingerprint density at radius 1 is 1.25 bits per heavy atom. The van der Waals surface area contributed by atoms with Gasteiger partial charge in [-0.2, -0.15) is 4.98 Å². The van der Waals surface area contributed by atoms with Gasteiger partial charge in [0.25, 0.3) is 0 Å². The Hall–Kier alpha value is -2.73. The number of nitrogens with zero attached hydrogens (tertiary/aromatic N) is 3. The van der Waals surface area contributed by atoms with Crippen molar-refractivity contribution in [3.05, 3.63) is 65.3 Å². The smallest absolute Gasteiger partial charge is 0.246 e. The SMILES string of the molecule is O=C(CCc1cccnc1)NCc1nc(-c2cccc(Cl)c2)no1. The molecule has 2 aromatic heterocycles. The van der Waals surface area contributed by atoms with Crippen LogP contribution in [-0.2, 0) is 17.8 Å². The number of hydrogen-bond donors (Lipinski definition) is 1. The first kappa shape index (κ1) is 16.1. The van der Waals surface area contributed by atoms with Gasteiger partial charge in [0.05, 0.1) is 6.54 Å². The molecule has 0 aliphatic rings. The third kappa shape index (κ3) is 4.39. The van der Waals surface area contributed by atoms with Crippen LogP contribution in [0.4, 0.5) is 0 Å². The van der Waals surface area contributed by atoms with Gasteiger partial charge in [0.2, 0.25) is 17.6 Å². The summed E-state index contributed by atoms with van der Waals surface area (Å²) in [5, 5.41) is 7.26. The Morgan fingerprint density at radius 3 is 2.96 bits per heavy atom. The second kappa shape index (κ2) is 7.70. The fourth-order valence-electron chi connectivity index (χ4n) is 2.14. The zero-order valence-electron chi connectivity index (χ0n) is 12.8. The van der Waals surface area contributed by atoms with Crippen LogP contribution in [0.5, 0.6) is 0 Å².